The number of carboxylic acids is 1. The SMILES string of the molecule is CCCc1nc2c(CC)cccn2c1C(=O)O. The first kappa shape index (κ1) is 11.6. The maximum atomic E-state index is 11.3. The smallest absolute Gasteiger partial charge is 0.354 e. The molecule has 0 radical (unpaired) electrons. The van der Waals surface area contributed by atoms with Crippen molar-refractivity contribution in [2.75, 3.05) is 0 Å². The molecule has 17 heavy (non-hydrogen) atoms. The van der Waals surface area contributed by atoms with E-state index in [1.807, 2.05) is 26.0 Å². The lowest BCUT2D eigenvalue weighted by Crippen LogP contribution is -2.05. The van der Waals surface area contributed by atoms with Crippen LogP contribution in [0.15, 0.2) is 18.3 Å². The Morgan fingerprint density at radius 2 is 2.24 bits per heavy atom. The molecule has 0 amide bonds. The molecule has 0 saturated carbocycles. The van der Waals surface area contributed by atoms with E-state index >= 15 is 0 Å². The third kappa shape index (κ3) is 1.90. The van der Waals surface area contributed by atoms with Crippen LogP contribution in [0.3, 0.4) is 0 Å². The predicted molar refractivity (Wildman–Crippen MR) is 65.5 cm³/mol. The van der Waals surface area contributed by atoms with E-state index in [-0.39, 0.29) is 0 Å². The molecule has 2 aromatic rings. The molecule has 0 aliphatic carbocycles. The molecule has 4 heteroatoms. The number of carboxylic acid groups (broad SMARTS) is 1. The number of rotatable bonds is 4. The summed E-state index contributed by atoms with van der Waals surface area (Å²) >= 11 is 0. The van der Waals surface area contributed by atoms with Crippen LogP contribution in [0.4, 0.5) is 0 Å². The van der Waals surface area contributed by atoms with E-state index in [4.69, 9.17) is 0 Å². The van der Waals surface area contributed by atoms with Crippen LogP contribution in [0.2, 0.25) is 0 Å². The number of hydrogen-bond acceptors (Lipinski definition) is 2. The fraction of sp³-hybridized carbons (Fsp3) is 0.385. The second kappa shape index (κ2) is 4.57. The van der Waals surface area contributed by atoms with Gasteiger partial charge in [-0.2, -0.15) is 0 Å². The van der Waals surface area contributed by atoms with Crippen LogP contribution in [0.25, 0.3) is 5.65 Å². The lowest BCUT2D eigenvalue weighted by atomic mass is 10.2. The van der Waals surface area contributed by atoms with Crippen molar-refractivity contribution in [2.24, 2.45) is 0 Å². The third-order valence-corrected chi connectivity index (χ3v) is 2.87. The average molecular weight is 232 g/mol. The summed E-state index contributed by atoms with van der Waals surface area (Å²) in [6, 6.07) is 3.86. The topological polar surface area (TPSA) is 54.6 Å². The monoisotopic (exact) mass is 232 g/mol. The first-order valence-corrected chi connectivity index (χ1v) is 5.91. The Bertz CT molecular complexity index is 558. The Hall–Kier alpha value is -1.84. The Balaban J connectivity index is 2.74. The molecule has 0 aromatic carbocycles. The molecule has 2 heterocycles. The number of aromatic nitrogens is 2. The summed E-state index contributed by atoms with van der Waals surface area (Å²) < 4.78 is 1.69. The number of fused-ring (bicyclic) bond motifs is 1. The van der Waals surface area contributed by atoms with Crippen LogP contribution in [0.5, 0.6) is 0 Å². The number of imidazole rings is 1. The van der Waals surface area contributed by atoms with Crippen molar-refractivity contribution in [1.82, 2.24) is 9.38 Å². The molecule has 0 fully saturated rings. The van der Waals surface area contributed by atoms with Crippen LogP contribution < -0.4 is 0 Å². The van der Waals surface area contributed by atoms with E-state index in [0.717, 1.165) is 24.1 Å². The molecule has 4 nitrogen and oxygen atoms in total. The van der Waals surface area contributed by atoms with Crippen LogP contribution >= 0.6 is 0 Å². The van der Waals surface area contributed by atoms with E-state index in [9.17, 15) is 9.90 Å². The Morgan fingerprint density at radius 3 is 2.82 bits per heavy atom. The van der Waals surface area contributed by atoms with Crippen molar-refractivity contribution < 1.29 is 9.90 Å². The van der Waals surface area contributed by atoms with Crippen LogP contribution in [-0.2, 0) is 12.8 Å². The zero-order chi connectivity index (χ0) is 12.4. The van der Waals surface area contributed by atoms with E-state index in [1.165, 1.54) is 0 Å². The van der Waals surface area contributed by atoms with Crippen molar-refractivity contribution in [1.29, 1.82) is 0 Å². The van der Waals surface area contributed by atoms with Crippen molar-refractivity contribution in [3.63, 3.8) is 0 Å². The summed E-state index contributed by atoms with van der Waals surface area (Å²) in [6.07, 6.45) is 4.22. The number of aromatic carboxylic acids is 1. The van der Waals surface area contributed by atoms with Gasteiger partial charge in [-0.15, -0.1) is 0 Å². The number of pyridine rings is 1. The van der Waals surface area contributed by atoms with Crippen molar-refractivity contribution in [3.05, 3.63) is 35.3 Å². The third-order valence-electron chi connectivity index (χ3n) is 2.87. The highest BCUT2D eigenvalue weighted by molar-refractivity contribution is 5.88. The lowest BCUT2D eigenvalue weighted by molar-refractivity contribution is 0.0688. The quantitative estimate of drug-likeness (QED) is 0.881. The molecule has 0 aliphatic rings. The minimum Gasteiger partial charge on any atom is -0.477 e. The lowest BCUT2D eigenvalue weighted by Gasteiger charge is -2.01. The highest BCUT2D eigenvalue weighted by Gasteiger charge is 2.18. The first-order chi connectivity index (χ1) is 8.19. The molecule has 0 unspecified atom stereocenters. The Labute approximate surface area is 99.9 Å². The maximum absolute atomic E-state index is 11.3. The highest BCUT2D eigenvalue weighted by Crippen LogP contribution is 2.18. The van der Waals surface area contributed by atoms with Gasteiger partial charge in [0.2, 0.25) is 0 Å². The summed E-state index contributed by atoms with van der Waals surface area (Å²) in [4.78, 5) is 15.8. The molecule has 2 aromatic heterocycles. The van der Waals surface area contributed by atoms with Gasteiger partial charge in [-0.05, 0) is 24.5 Å². The molecule has 1 N–H and O–H groups in total. The van der Waals surface area contributed by atoms with Gasteiger partial charge in [-0.1, -0.05) is 26.3 Å². The summed E-state index contributed by atoms with van der Waals surface area (Å²) in [5.74, 6) is -0.908. The van der Waals surface area contributed by atoms with E-state index in [1.54, 1.807) is 10.6 Å². The zero-order valence-electron chi connectivity index (χ0n) is 10.1. The molecule has 0 atom stereocenters. The minimum atomic E-state index is -0.908. The van der Waals surface area contributed by atoms with Gasteiger partial charge in [-0.25, -0.2) is 9.78 Å². The first-order valence-electron chi connectivity index (χ1n) is 5.91. The van der Waals surface area contributed by atoms with E-state index in [0.29, 0.717) is 17.8 Å². The number of aryl methyl sites for hydroxylation is 2. The second-order valence-corrected chi connectivity index (χ2v) is 4.04. The average Bonchev–Trinajstić information content (AvgIpc) is 2.67. The summed E-state index contributed by atoms with van der Waals surface area (Å²) in [5, 5.41) is 9.28. The van der Waals surface area contributed by atoms with Crippen molar-refractivity contribution in [2.45, 2.75) is 33.1 Å². The second-order valence-electron chi connectivity index (χ2n) is 4.04. The fourth-order valence-electron chi connectivity index (χ4n) is 2.08. The fourth-order valence-corrected chi connectivity index (χ4v) is 2.08. The predicted octanol–water partition coefficient (Wildman–Crippen LogP) is 2.55. The number of nitrogens with zero attached hydrogens (tertiary/aromatic N) is 2. The summed E-state index contributed by atoms with van der Waals surface area (Å²) in [5.41, 5.74) is 2.84. The van der Waals surface area contributed by atoms with Gasteiger partial charge in [0.25, 0.3) is 0 Å². The summed E-state index contributed by atoms with van der Waals surface area (Å²) in [7, 11) is 0. The Kier molecular flexibility index (Phi) is 3.13. The largest absolute Gasteiger partial charge is 0.477 e. The van der Waals surface area contributed by atoms with Crippen molar-refractivity contribution in [3.8, 4) is 0 Å². The Morgan fingerprint density at radius 1 is 1.47 bits per heavy atom. The molecule has 0 saturated heterocycles. The van der Waals surface area contributed by atoms with Crippen molar-refractivity contribution >= 4 is 11.6 Å². The van der Waals surface area contributed by atoms with E-state index in [2.05, 4.69) is 4.98 Å². The summed E-state index contributed by atoms with van der Waals surface area (Å²) in [6.45, 7) is 4.07. The van der Waals surface area contributed by atoms with Crippen LogP contribution in [-0.4, -0.2) is 20.5 Å². The van der Waals surface area contributed by atoms with Gasteiger partial charge in [0.15, 0.2) is 5.69 Å². The molecule has 0 bridgehead atoms. The van der Waals surface area contributed by atoms with Gasteiger partial charge in [0.1, 0.15) is 5.65 Å². The van der Waals surface area contributed by atoms with Crippen LogP contribution in [0, 0.1) is 0 Å². The van der Waals surface area contributed by atoms with Gasteiger partial charge in [0.05, 0.1) is 5.69 Å². The molecule has 0 spiro atoms. The van der Waals surface area contributed by atoms with Crippen LogP contribution in [0.1, 0.15) is 42.0 Å². The zero-order valence-corrected chi connectivity index (χ0v) is 10.1. The molecular formula is C13H16N2O2. The van der Waals surface area contributed by atoms with Gasteiger partial charge < -0.3 is 5.11 Å². The van der Waals surface area contributed by atoms with Gasteiger partial charge in [-0.3, -0.25) is 4.40 Å². The standard InChI is InChI=1S/C13H16N2O2/c1-3-6-10-11(13(16)17)15-8-5-7-9(4-2)12(15)14-10/h5,7-8H,3-4,6H2,1-2H3,(H,16,17). The van der Waals surface area contributed by atoms with E-state index < -0.39 is 5.97 Å². The van der Waals surface area contributed by atoms with Gasteiger partial charge >= 0.3 is 5.97 Å². The molecule has 0 aliphatic heterocycles. The number of carbonyl (C=O) groups is 1. The minimum absolute atomic E-state index is 0.303. The molecule has 90 valence electrons. The number of hydrogen-bond donors (Lipinski definition) is 1. The highest BCUT2D eigenvalue weighted by atomic mass is 16.4. The maximum Gasteiger partial charge on any atom is 0.354 e. The molecule has 2 rings (SSSR count). The van der Waals surface area contributed by atoms with Gasteiger partial charge in [0, 0.05) is 6.20 Å². The normalized spacial score (nSPS) is 10.9. The molecular weight excluding hydrogens is 216 g/mol.